The highest BCUT2D eigenvalue weighted by atomic mass is 15.1. The van der Waals surface area contributed by atoms with Gasteiger partial charge in [0.05, 0.1) is 11.1 Å². The minimum Gasteiger partial charge on any atom is -0.192 e. The Hall–Kier alpha value is -2.49. The van der Waals surface area contributed by atoms with Crippen LogP contribution in [-0.2, 0) is 0 Å². The summed E-state index contributed by atoms with van der Waals surface area (Å²) in [6.45, 7) is 0. The van der Waals surface area contributed by atoms with Gasteiger partial charge in [0.2, 0.25) is 0 Å². The summed E-state index contributed by atoms with van der Waals surface area (Å²) in [6.07, 6.45) is 0. The van der Waals surface area contributed by atoms with Gasteiger partial charge in [0.1, 0.15) is 12.1 Å². The predicted octanol–water partition coefficient (Wildman–Crippen LogP) is 2.37. The summed E-state index contributed by atoms with van der Waals surface area (Å²) in [6, 6.07) is 8.00. The van der Waals surface area contributed by atoms with E-state index in [1.807, 2.05) is 12.1 Å². The van der Waals surface area contributed by atoms with Gasteiger partial charge in [-0.1, -0.05) is 11.2 Å². The van der Waals surface area contributed by atoms with Gasteiger partial charge < -0.3 is 0 Å². The van der Waals surface area contributed by atoms with Crippen molar-refractivity contribution in [1.82, 2.24) is 0 Å². The molecule has 0 spiro atoms. The van der Waals surface area contributed by atoms with E-state index >= 15 is 0 Å². The minimum absolute atomic E-state index is 0.215. The third-order valence-corrected chi connectivity index (χ3v) is 1.40. The summed E-state index contributed by atoms with van der Waals surface area (Å²) < 4.78 is 0. The molecule has 0 radical (unpaired) electrons. The summed E-state index contributed by atoms with van der Waals surface area (Å²) in [4.78, 5) is 2.57. The lowest BCUT2D eigenvalue weighted by atomic mass is 10.1. The molecule has 60 valence electrons. The highest BCUT2D eigenvalue weighted by Gasteiger charge is 2.00. The smallest absolute Gasteiger partial charge is 0.101 e. The molecule has 5 heteroatoms. The normalized spacial score (nSPS) is 7.85. The molecule has 13 heavy (non-hydrogen) atoms. The Morgan fingerprint density at radius 3 is 2.46 bits per heavy atom. The molecule has 0 fully saturated rings. The highest BCUT2D eigenvalue weighted by Crippen LogP contribution is 2.17. The largest absolute Gasteiger partial charge is 0.192 e. The van der Waals surface area contributed by atoms with Crippen molar-refractivity contribution < 1.29 is 0 Å². The third-order valence-electron chi connectivity index (χ3n) is 1.40. The van der Waals surface area contributed by atoms with Crippen LogP contribution in [0.15, 0.2) is 23.3 Å². The Morgan fingerprint density at radius 1 is 1.23 bits per heavy atom. The first-order chi connectivity index (χ1) is 6.31. The van der Waals surface area contributed by atoms with Gasteiger partial charge in [-0.2, -0.15) is 10.5 Å². The van der Waals surface area contributed by atoms with E-state index in [4.69, 9.17) is 16.1 Å². The molecule has 0 aliphatic carbocycles. The minimum atomic E-state index is 0.215. The molecule has 1 aromatic carbocycles. The van der Waals surface area contributed by atoms with Crippen molar-refractivity contribution >= 4 is 5.69 Å². The van der Waals surface area contributed by atoms with Crippen LogP contribution in [0.25, 0.3) is 10.4 Å². The number of azide groups is 1. The van der Waals surface area contributed by atoms with Crippen molar-refractivity contribution in [3.8, 4) is 12.1 Å². The Morgan fingerprint density at radius 2 is 1.92 bits per heavy atom. The summed E-state index contributed by atoms with van der Waals surface area (Å²) in [5.74, 6) is 0. The van der Waals surface area contributed by atoms with Gasteiger partial charge in [0.15, 0.2) is 0 Å². The second-order valence-corrected chi connectivity index (χ2v) is 2.14. The van der Waals surface area contributed by atoms with Gasteiger partial charge in [-0.15, -0.1) is 0 Å². The number of rotatable bonds is 1. The zero-order chi connectivity index (χ0) is 9.68. The lowest BCUT2D eigenvalue weighted by molar-refractivity contribution is 1.40. The molecule has 0 saturated carbocycles. The molecule has 1 aromatic rings. The van der Waals surface area contributed by atoms with Crippen LogP contribution in [0.4, 0.5) is 5.69 Å². The van der Waals surface area contributed by atoms with E-state index in [0.717, 1.165) is 0 Å². The molecule has 0 bridgehead atoms. The fraction of sp³-hybridized carbons (Fsp3) is 0. The molecule has 0 amide bonds. The van der Waals surface area contributed by atoms with Crippen LogP contribution >= 0.6 is 0 Å². The van der Waals surface area contributed by atoms with Crippen LogP contribution in [0.1, 0.15) is 11.1 Å². The first-order valence-electron chi connectivity index (χ1n) is 3.31. The maximum Gasteiger partial charge on any atom is 0.101 e. The zero-order valence-corrected chi connectivity index (χ0v) is 6.47. The zero-order valence-electron chi connectivity index (χ0n) is 6.47. The van der Waals surface area contributed by atoms with Crippen molar-refractivity contribution in [2.75, 3.05) is 0 Å². The van der Waals surface area contributed by atoms with Gasteiger partial charge in [0.25, 0.3) is 0 Å². The molecule has 1 rings (SSSR count). The highest BCUT2D eigenvalue weighted by molar-refractivity contribution is 5.53. The molecule has 0 saturated heterocycles. The van der Waals surface area contributed by atoms with E-state index < -0.39 is 0 Å². The van der Waals surface area contributed by atoms with Crippen LogP contribution in [0.5, 0.6) is 0 Å². The van der Waals surface area contributed by atoms with Crippen LogP contribution in [0.2, 0.25) is 0 Å². The molecule has 0 heterocycles. The predicted molar refractivity (Wildman–Crippen MR) is 44.7 cm³/mol. The lowest BCUT2D eigenvalue weighted by Crippen LogP contribution is -1.81. The summed E-state index contributed by atoms with van der Waals surface area (Å²) in [5, 5.41) is 20.5. The average molecular weight is 169 g/mol. The molecule has 0 aromatic heterocycles. The van der Waals surface area contributed by atoms with Gasteiger partial charge in [-0.3, -0.25) is 0 Å². The van der Waals surface area contributed by atoms with E-state index in [1.165, 1.54) is 18.2 Å². The van der Waals surface area contributed by atoms with Crippen molar-refractivity contribution in [1.29, 1.82) is 10.5 Å². The second-order valence-electron chi connectivity index (χ2n) is 2.14. The van der Waals surface area contributed by atoms with E-state index in [9.17, 15) is 0 Å². The van der Waals surface area contributed by atoms with E-state index in [2.05, 4.69) is 10.0 Å². The SMILES string of the molecule is N#Cc1ccc(N=[N+]=[N-])cc1C#N. The van der Waals surface area contributed by atoms with Crippen molar-refractivity contribution in [2.24, 2.45) is 5.11 Å². The van der Waals surface area contributed by atoms with E-state index in [0.29, 0.717) is 5.69 Å². The van der Waals surface area contributed by atoms with Crippen molar-refractivity contribution in [3.05, 3.63) is 39.8 Å². The van der Waals surface area contributed by atoms with Crippen molar-refractivity contribution in [3.63, 3.8) is 0 Å². The molecule has 0 aliphatic heterocycles. The fourth-order valence-electron chi connectivity index (χ4n) is 0.836. The number of benzene rings is 1. The lowest BCUT2D eigenvalue weighted by Gasteiger charge is -1.94. The molecule has 0 unspecified atom stereocenters. The molecule has 5 nitrogen and oxygen atoms in total. The Balaban J connectivity index is 3.32. The quantitative estimate of drug-likeness (QED) is 0.366. The summed E-state index contributed by atoms with van der Waals surface area (Å²) in [5.41, 5.74) is 8.94. The first kappa shape index (κ1) is 8.61. The molecule has 0 aliphatic rings. The molecule has 0 atom stereocenters. The number of nitriles is 2. The fourth-order valence-corrected chi connectivity index (χ4v) is 0.836. The number of hydrogen-bond acceptors (Lipinski definition) is 3. The number of nitrogens with zero attached hydrogens (tertiary/aromatic N) is 5. The van der Waals surface area contributed by atoms with Gasteiger partial charge in [-0.25, -0.2) is 0 Å². The first-order valence-corrected chi connectivity index (χ1v) is 3.31. The average Bonchev–Trinajstić information content (AvgIpc) is 2.18. The van der Waals surface area contributed by atoms with Crippen molar-refractivity contribution in [2.45, 2.75) is 0 Å². The van der Waals surface area contributed by atoms with Gasteiger partial charge in [-0.05, 0) is 17.7 Å². The van der Waals surface area contributed by atoms with Gasteiger partial charge >= 0.3 is 0 Å². The Labute approximate surface area is 74.1 Å². The Bertz CT molecular complexity index is 456. The number of hydrogen-bond donors (Lipinski definition) is 0. The summed E-state index contributed by atoms with van der Waals surface area (Å²) in [7, 11) is 0. The molecule has 0 N–H and O–H groups in total. The maximum absolute atomic E-state index is 8.61. The maximum atomic E-state index is 8.61. The molecular weight excluding hydrogens is 166 g/mol. The standard InChI is InChI=1S/C8H3N5/c9-4-6-1-2-8(12-13-11)3-7(6)5-10/h1-3H. The van der Waals surface area contributed by atoms with Crippen LogP contribution in [0.3, 0.4) is 0 Å². The van der Waals surface area contributed by atoms with E-state index in [-0.39, 0.29) is 11.1 Å². The van der Waals surface area contributed by atoms with Crippen LogP contribution < -0.4 is 0 Å². The summed E-state index contributed by atoms with van der Waals surface area (Å²) >= 11 is 0. The Kier molecular flexibility index (Phi) is 2.50. The topological polar surface area (TPSA) is 96.3 Å². The monoisotopic (exact) mass is 169 g/mol. The second kappa shape index (κ2) is 3.77. The van der Waals surface area contributed by atoms with E-state index in [1.54, 1.807) is 0 Å². The van der Waals surface area contributed by atoms with Crippen LogP contribution in [0, 0.1) is 22.7 Å². The third kappa shape index (κ3) is 1.75. The van der Waals surface area contributed by atoms with Gasteiger partial charge in [0, 0.05) is 10.6 Å². The van der Waals surface area contributed by atoms with Crippen LogP contribution in [-0.4, -0.2) is 0 Å². The molecular formula is C8H3N5.